The number of benzene rings is 2. The molecule has 1 aliphatic heterocycles. The Morgan fingerprint density at radius 3 is 2.54 bits per heavy atom. The quantitative estimate of drug-likeness (QED) is 0.934. The first kappa shape index (κ1) is 16.2. The van der Waals surface area contributed by atoms with E-state index in [1.54, 1.807) is 36.4 Å². The number of carbonyl (C=O) groups is 2. The molecule has 0 saturated carbocycles. The van der Waals surface area contributed by atoms with Crippen LogP contribution in [0.1, 0.15) is 40.5 Å². The molecule has 1 saturated heterocycles. The molecule has 4 heteroatoms. The van der Waals surface area contributed by atoms with Gasteiger partial charge < -0.3 is 10.2 Å². The molecule has 2 aromatic rings. The molecule has 24 heavy (non-hydrogen) atoms. The molecule has 3 rings (SSSR count). The normalized spacial score (nSPS) is 17.4. The van der Waals surface area contributed by atoms with Crippen LogP contribution < -0.4 is 5.32 Å². The second-order valence-electron chi connectivity index (χ2n) is 6.40. The van der Waals surface area contributed by atoms with Crippen LogP contribution in [0.25, 0.3) is 0 Å². The predicted octanol–water partition coefficient (Wildman–Crippen LogP) is 3.81. The van der Waals surface area contributed by atoms with Gasteiger partial charge >= 0.3 is 0 Å². The van der Waals surface area contributed by atoms with E-state index in [1.165, 1.54) is 6.42 Å². The number of piperidine rings is 1. The molecule has 2 amide bonds. The lowest BCUT2D eigenvalue weighted by molar-refractivity contribution is 0.0683. The number of carbonyl (C=O) groups excluding carboxylic acids is 2. The highest BCUT2D eigenvalue weighted by atomic mass is 16.2. The SMILES string of the molecule is C[C@@H]1CCCN(C(=O)c2cccc(NC(=O)c3ccccc3)c2)C1. The van der Waals surface area contributed by atoms with E-state index in [4.69, 9.17) is 0 Å². The Bertz CT molecular complexity index is 727. The molecule has 1 atom stereocenters. The average Bonchev–Trinajstić information content (AvgIpc) is 2.62. The highest BCUT2D eigenvalue weighted by molar-refractivity contribution is 6.05. The summed E-state index contributed by atoms with van der Waals surface area (Å²) < 4.78 is 0. The van der Waals surface area contributed by atoms with Gasteiger partial charge in [0.15, 0.2) is 0 Å². The minimum Gasteiger partial charge on any atom is -0.338 e. The van der Waals surface area contributed by atoms with E-state index < -0.39 is 0 Å². The lowest BCUT2D eigenvalue weighted by Gasteiger charge is -2.31. The topological polar surface area (TPSA) is 49.4 Å². The van der Waals surface area contributed by atoms with Gasteiger partial charge in [0.1, 0.15) is 0 Å². The van der Waals surface area contributed by atoms with Crippen molar-refractivity contribution in [3.63, 3.8) is 0 Å². The molecule has 4 nitrogen and oxygen atoms in total. The number of hydrogen-bond donors (Lipinski definition) is 1. The number of nitrogens with zero attached hydrogens (tertiary/aromatic N) is 1. The van der Waals surface area contributed by atoms with Crippen molar-refractivity contribution in [2.45, 2.75) is 19.8 Å². The Labute approximate surface area is 142 Å². The number of hydrogen-bond acceptors (Lipinski definition) is 2. The predicted molar refractivity (Wildman–Crippen MR) is 95.1 cm³/mol. The molecule has 1 fully saturated rings. The minimum atomic E-state index is -0.174. The van der Waals surface area contributed by atoms with E-state index in [1.807, 2.05) is 23.1 Å². The summed E-state index contributed by atoms with van der Waals surface area (Å²) in [5.74, 6) is 0.410. The maximum absolute atomic E-state index is 12.7. The van der Waals surface area contributed by atoms with E-state index in [0.717, 1.165) is 19.5 Å². The van der Waals surface area contributed by atoms with E-state index in [-0.39, 0.29) is 11.8 Å². The molecule has 0 radical (unpaired) electrons. The zero-order chi connectivity index (χ0) is 16.9. The third-order valence-corrected chi connectivity index (χ3v) is 4.35. The summed E-state index contributed by atoms with van der Waals surface area (Å²) in [4.78, 5) is 26.8. The van der Waals surface area contributed by atoms with Crippen molar-refractivity contribution >= 4 is 17.5 Å². The molecule has 0 aliphatic carbocycles. The maximum Gasteiger partial charge on any atom is 0.255 e. The summed E-state index contributed by atoms with van der Waals surface area (Å²) in [7, 11) is 0. The Hall–Kier alpha value is -2.62. The summed E-state index contributed by atoms with van der Waals surface area (Å²) in [5, 5.41) is 2.86. The van der Waals surface area contributed by atoms with Crippen molar-refractivity contribution in [1.82, 2.24) is 4.90 Å². The van der Waals surface area contributed by atoms with Gasteiger partial charge in [0.25, 0.3) is 11.8 Å². The van der Waals surface area contributed by atoms with Gasteiger partial charge in [0, 0.05) is 29.9 Å². The van der Waals surface area contributed by atoms with E-state index >= 15 is 0 Å². The Balaban J connectivity index is 1.72. The molecule has 1 N–H and O–H groups in total. The summed E-state index contributed by atoms with van der Waals surface area (Å²) in [6.45, 7) is 3.79. The van der Waals surface area contributed by atoms with Gasteiger partial charge in [-0.2, -0.15) is 0 Å². The molecule has 0 aromatic heterocycles. The molecule has 124 valence electrons. The number of amides is 2. The zero-order valence-electron chi connectivity index (χ0n) is 13.9. The largest absolute Gasteiger partial charge is 0.338 e. The maximum atomic E-state index is 12.7. The Kier molecular flexibility index (Phi) is 4.94. The number of anilines is 1. The van der Waals surface area contributed by atoms with Gasteiger partial charge in [-0.3, -0.25) is 9.59 Å². The highest BCUT2D eigenvalue weighted by Crippen LogP contribution is 2.19. The van der Waals surface area contributed by atoms with Crippen LogP contribution in [-0.2, 0) is 0 Å². The van der Waals surface area contributed by atoms with Crippen molar-refractivity contribution in [3.05, 3.63) is 65.7 Å². The molecule has 2 aromatic carbocycles. The van der Waals surface area contributed by atoms with Crippen LogP contribution >= 0.6 is 0 Å². The zero-order valence-corrected chi connectivity index (χ0v) is 13.9. The van der Waals surface area contributed by atoms with Crippen LogP contribution in [-0.4, -0.2) is 29.8 Å². The van der Waals surface area contributed by atoms with Crippen molar-refractivity contribution in [1.29, 1.82) is 0 Å². The summed E-state index contributed by atoms with van der Waals surface area (Å²) in [5.41, 5.74) is 1.86. The Morgan fingerprint density at radius 2 is 1.79 bits per heavy atom. The molecular formula is C20H22N2O2. The second-order valence-corrected chi connectivity index (χ2v) is 6.40. The summed E-state index contributed by atoms with van der Waals surface area (Å²) in [6.07, 6.45) is 2.23. The van der Waals surface area contributed by atoms with Crippen LogP contribution in [0.5, 0.6) is 0 Å². The van der Waals surface area contributed by atoms with E-state index in [0.29, 0.717) is 22.7 Å². The van der Waals surface area contributed by atoms with Gasteiger partial charge in [-0.25, -0.2) is 0 Å². The number of rotatable bonds is 3. The van der Waals surface area contributed by atoms with Crippen molar-refractivity contribution < 1.29 is 9.59 Å². The lowest BCUT2D eigenvalue weighted by atomic mass is 9.99. The first-order valence-corrected chi connectivity index (χ1v) is 8.39. The van der Waals surface area contributed by atoms with Gasteiger partial charge in [-0.05, 0) is 49.1 Å². The molecule has 1 heterocycles. The molecule has 0 bridgehead atoms. The first-order valence-electron chi connectivity index (χ1n) is 8.39. The fourth-order valence-corrected chi connectivity index (χ4v) is 3.08. The van der Waals surface area contributed by atoms with Gasteiger partial charge in [-0.15, -0.1) is 0 Å². The van der Waals surface area contributed by atoms with Crippen LogP contribution in [0.3, 0.4) is 0 Å². The third kappa shape index (κ3) is 3.82. The minimum absolute atomic E-state index is 0.0392. The van der Waals surface area contributed by atoms with Crippen LogP contribution in [0, 0.1) is 5.92 Å². The van der Waals surface area contributed by atoms with Crippen molar-refractivity contribution in [2.24, 2.45) is 5.92 Å². The molecule has 1 aliphatic rings. The number of likely N-dealkylation sites (tertiary alicyclic amines) is 1. The standard InChI is InChI=1S/C20H22N2O2/c1-15-7-6-12-22(14-15)20(24)17-10-5-11-18(13-17)21-19(23)16-8-3-2-4-9-16/h2-5,8-11,13,15H,6-7,12,14H2,1H3,(H,21,23)/t15-/m1/s1. The van der Waals surface area contributed by atoms with Gasteiger partial charge in [0.05, 0.1) is 0 Å². The first-order chi connectivity index (χ1) is 11.6. The lowest BCUT2D eigenvalue weighted by Crippen LogP contribution is -2.39. The van der Waals surface area contributed by atoms with Crippen LogP contribution in [0.4, 0.5) is 5.69 Å². The Morgan fingerprint density at radius 1 is 1.04 bits per heavy atom. The fourth-order valence-electron chi connectivity index (χ4n) is 3.08. The van der Waals surface area contributed by atoms with Gasteiger partial charge in [-0.1, -0.05) is 31.2 Å². The van der Waals surface area contributed by atoms with Crippen LogP contribution in [0.15, 0.2) is 54.6 Å². The van der Waals surface area contributed by atoms with Crippen molar-refractivity contribution in [3.8, 4) is 0 Å². The van der Waals surface area contributed by atoms with Crippen molar-refractivity contribution in [2.75, 3.05) is 18.4 Å². The summed E-state index contributed by atoms with van der Waals surface area (Å²) in [6, 6.07) is 16.2. The number of nitrogens with one attached hydrogen (secondary N) is 1. The van der Waals surface area contributed by atoms with E-state index in [9.17, 15) is 9.59 Å². The monoisotopic (exact) mass is 322 g/mol. The average molecular weight is 322 g/mol. The van der Waals surface area contributed by atoms with E-state index in [2.05, 4.69) is 12.2 Å². The molecule has 0 unspecified atom stereocenters. The second kappa shape index (κ2) is 7.30. The fraction of sp³-hybridized carbons (Fsp3) is 0.300. The molecule has 0 spiro atoms. The molecular weight excluding hydrogens is 300 g/mol. The summed E-state index contributed by atoms with van der Waals surface area (Å²) >= 11 is 0. The third-order valence-electron chi connectivity index (χ3n) is 4.35. The smallest absolute Gasteiger partial charge is 0.255 e. The van der Waals surface area contributed by atoms with Crippen LogP contribution in [0.2, 0.25) is 0 Å². The highest BCUT2D eigenvalue weighted by Gasteiger charge is 2.22. The van der Waals surface area contributed by atoms with Gasteiger partial charge in [0.2, 0.25) is 0 Å².